The van der Waals surface area contributed by atoms with Crippen molar-refractivity contribution in [2.24, 2.45) is 34.0 Å². The molecule has 8 unspecified atom stereocenters. The van der Waals surface area contributed by atoms with Gasteiger partial charge in [0.2, 0.25) is 0 Å². The summed E-state index contributed by atoms with van der Waals surface area (Å²) in [5.41, 5.74) is -0.797. The number of hydrogen-bond donors (Lipinski definition) is 1. The largest absolute Gasteiger partial charge is 0.390 e. The zero-order valence-corrected chi connectivity index (χ0v) is 20.0. The third-order valence-electron chi connectivity index (χ3n) is 9.48. The lowest BCUT2D eigenvalue weighted by molar-refractivity contribution is -0.206. The van der Waals surface area contributed by atoms with E-state index in [4.69, 9.17) is 0 Å². The van der Waals surface area contributed by atoms with E-state index in [0.29, 0.717) is 23.5 Å². The van der Waals surface area contributed by atoms with Crippen LogP contribution >= 0.6 is 0 Å². The fourth-order valence-corrected chi connectivity index (χ4v) is 8.19. The Bertz CT molecular complexity index is 853. The van der Waals surface area contributed by atoms with Gasteiger partial charge in [0.15, 0.2) is 5.67 Å². The summed E-state index contributed by atoms with van der Waals surface area (Å²) in [6.07, 6.45) is 7.22. The van der Waals surface area contributed by atoms with Crippen molar-refractivity contribution in [3.63, 3.8) is 0 Å². The Morgan fingerprint density at radius 3 is 2.48 bits per heavy atom. The van der Waals surface area contributed by atoms with E-state index in [1.807, 2.05) is 0 Å². The van der Waals surface area contributed by atoms with Crippen molar-refractivity contribution >= 4 is 0 Å². The van der Waals surface area contributed by atoms with Crippen LogP contribution in [0.2, 0.25) is 0 Å². The minimum atomic E-state index is -1.88. The van der Waals surface area contributed by atoms with E-state index in [9.17, 15) is 5.11 Å². The highest BCUT2D eigenvalue weighted by Gasteiger charge is 2.70. The van der Waals surface area contributed by atoms with Gasteiger partial charge in [-0.05, 0) is 79.3 Å². The zero-order chi connectivity index (χ0) is 23.0. The molecule has 8 atom stereocenters. The third kappa shape index (κ3) is 3.24. The molecule has 31 heavy (non-hydrogen) atoms. The van der Waals surface area contributed by atoms with E-state index in [-0.39, 0.29) is 23.2 Å². The topological polar surface area (TPSA) is 20.2 Å². The normalized spacial score (nSPS) is 48.7. The monoisotopic (exact) mass is 430 g/mol. The number of aliphatic hydroxyl groups excluding tert-OH is 1. The first kappa shape index (κ1) is 23.0. The standard InChI is InChI=1S/C28H40F2O/c1-8-18(3)19-12-20-21-13-23(29)22-11-17(2)9-10-27(22,7)28(21,30)24(31)15-26(20,6)16-25(4,5)14-19/h9-11,19-21,23-24,31H,2-3,8,12-16H2,1,4-7H3. The molecule has 0 aromatic carbocycles. The summed E-state index contributed by atoms with van der Waals surface area (Å²) in [6, 6.07) is 0. The van der Waals surface area contributed by atoms with E-state index in [0.717, 1.165) is 25.7 Å². The van der Waals surface area contributed by atoms with Crippen molar-refractivity contribution in [3.05, 3.63) is 48.1 Å². The summed E-state index contributed by atoms with van der Waals surface area (Å²) >= 11 is 0. The fourth-order valence-electron chi connectivity index (χ4n) is 8.19. The molecular formula is C28H40F2O. The van der Waals surface area contributed by atoms with Crippen molar-refractivity contribution in [3.8, 4) is 0 Å². The van der Waals surface area contributed by atoms with Crippen LogP contribution in [0.15, 0.2) is 48.1 Å². The molecule has 0 radical (unpaired) electrons. The zero-order valence-electron chi connectivity index (χ0n) is 20.0. The Kier molecular flexibility index (Phi) is 5.29. The molecule has 0 amide bonds. The molecule has 1 N–H and O–H groups in total. The molecule has 0 aromatic heterocycles. The maximum absolute atomic E-state index is 17.3. The molecule has 4 aliphatic rings. The van der Waals surface area contributed by atoms with Crippen LogP contribution in [0, 0.1) is 34.0 Å². The first-order valence-corrected chi connectivity index (χ1v) is 12.1. The van der Waals surface area contributed by atoms with Gasteiger partial charge in [-0.25, -0.2) is 8.78 Å². The average molecular weight is 431 g/mol. The van der Waals surface area contributed by atoms with Crippen LogP contribution in [0.25, 0.3) is 0 Å². The smallest absolute Gasteiger partial charge is 0.152 e. The molecule has 0 saturated heterocycles. The van der Waals surface area contributed by atoms with Gasteiger partial charge in [-0.1, -0.05) is 64.7 Å². The molecule has 0 spiro atoms. The summed E-state index contributed by atoms with van der Waals surface area (Å²) in [5.74, 6) is -0.183. The predicted molar refractivity (Wildman–Crippen MR) is 124 cm³/mol. The second-order valence-corrected chi connectivity index (χ2v) is 12.3. The molecule has 1 nitrogen and oxygen atoms in total. The number of hydrogen-bond acceptors (Lipinski definition) is 1. The summed E-state index contributed by atoms with van der Waals surface area (Å²) in [4.78, 5) is 0. The van der Waals surface area contributed by atoms with E-state index >= 15 is 8.78 Å². The maximum atomic E-state index is 17.3. The van der Waals surface area contributed by atoms with Crippen molar-refractivity contribution in [2.75, 3.05) is 0 Å². The van der Waals surface area contributed by atoms with Crippen molar-refractivity contribution in [1.82, 2.24) is 0 Å². The van der Waals surface area contributed by atoms with Crippen molar-refractivity contribution in [1.29, 1.82) is 0 Å². The lowest BCUT2D eigenvalue weighted by Gasteiger charge is -2.63. The van der Waals surface area contributed by atoms with Gasteiger partial charge in [0.05, 0.1) is 6.10 Å². The van der Waals surface area contributed by atoms with Gasteiger partial charge in [0, 0.05) is 11.3 Å². The molecule has 172 valence electrons. The molecule has 0 bridgehead atoms. The maximum Gasteiger partial charge on any atom is 0.152 e. The number of aliphatic hydroxyl groups is 1. The number of allylic oxidation sites excluding steroid dienone is 6. The van der Waals surface area contributed by atoms with Crippen LogP contribution in [0.1, 0.15) is 73.1 Å². The molecule has 0 heterocycles. The molecule has 3 saturated carbocycles. The third-order valence-corrected chi connectivity index (χ3v) is 9.48. The van der Waals surface area contributed by atoms with Gasteiger partial charge >= 0.3 is 0 Å². The highest BCUT2D eigenvalue weighted by atomic mass is 19.1. The first-order chi connectivity index (χ1) is 14.3. The number of fused-ring (bicyclic) bond motifs is 5. The predicted octanol–water partition coefficient (Wildman–Crippen LogP) is 7.29. The minimum Gasteiger partial charge on any atom is -0.390 e. The molecule has 4 rings (SSSR count). The Morgan fingerprint density at radius 1 is 1.16 bits per heavy atom. The summed E-state index contributed by atoms with van der Waals surface area (Å²) < 4.78 is 33.0. The molecular weight excluding hydrogens is 390 g/mol. The highest BCUT2D eigenvalue weighted by molar-refractivity contribution is 5.48. The van der Waals surface area contributed by atoms with E-state index in [1.165, 1.54) is 5.57 Å². The molecule has 3 heteroatoms. The van der Waals surface area contributed by atoms with Crippen molar-refractivity contribution in [2.45, 2.75) is 91.1 Å². The van der Waals surface area contributed by atoms with E-state index < -0.39 is 29.3 Å². The molecule has 3 fully saturated rings. The van der Waals surface area contributed by atoms with Crippen LogP contribution in [0.3, 0.4) is 0 Å². The van der Waals surface area contributed by atoms with Crippen LogP contribution in [0.4, 0.5) is 8.78 Å². The minimum absolute atomic E-state index is 0.0196. The Labute approximate surface area is 187 Å². The van der Waals surface area contributed by atoms with Crippen LogP contribution in [0.5, 0.6) is 0 Å². The summed E-state index contributed by atoms with van der Waals surface area (Å²) in [6.45, 7) is 19.0. The van der Waals surface area contributed by atoms with E-state index in [1.54, 1.807) is 25.2 Å². The molecule has 0 aliphatic heterocycles. The SMILES string of the molecule is C=C1C=CC2(C)C(=C1)C(F)CC1C3CC(C(=C)CC)CC(C)(C)CC3(C)CC(O)C12F. The van der Waals surface area contributed by atoms with Crippen LogP contribution < -0.4 is 0 Å². The lowest BCUT2D eigenvalue weighted by atomic mass is 9.43. The summed E-state index contributed by atoms with van der Waals surface area (Å²) in [7, 11) is 0. The summed E-state index contributed by atoms with van der Waals surface area (Å²) in [5, 5.41) is 11.4. The first-order valence-electron chi connectivity index (χ1n) is 12.1. The fraction of sp³-hybridized carbons (Fsp3) is 0.714. The Morgan fingerprint density at radius 2 is 1.84 bits per heavy atom. The van der Waals surface area contributed by atoms with Gasteiger partial charge in [0.25, 0.3) is 0 Å². The quantitative estimate of drug-likeness (QED) is 0.456. The van der Waals surface area contributed by atoms with Gasteiger partial charge in [0.1, 0.15) is 6.17 Å². The van der Waals surface area contributed by atoms with Gasteiger partial charge in [-0.2, -0.15) is 0 Å². The Hall–Kier alpha value is -1.22. The van der Waals surface area contributed by atoms with Gasteiger partial charge < -0.3 is 5.11 Å². The highest BCUT2D eigenvalue weighted by Crippen LogP contribution is 2.68. The second kappa shape index (κ2) is 7.14. The van der Waals surface area contributed by atoms with Crippen LogP contribution in [-0.2, 0) is 0 Å². The van der Waals surface area contributed by atoms with E-state index in [2.05, 4.69) is 40.9 Å². The van der Waals surface area contributed by atoms with Gasteiger partial charge in [-0.3, -0.25) is 0 Å². The number of alkyl halides is 2. The second-order valence-electron chi connectivity index (χ2n) is 12.3. The average Bonchev–Trinajstić information content (AvgIpc) is 2.77. The van der Waals surface area contributed by atoms with Crippen molar-refractivity contribution < 1.29 is 13.9 Å². The number of halogens is 2. The number of rotatable bonds is 2. The van der Waals surface area contributed by atoms with Gasteiger partial charge in [-0.15, -0.1) is 0 Å². The molecule has 4 aliphatic carbocycles. The molecule has 0 aromatic rings. The Balaban J connectivity index is 1.84. The lowest BCUT2D eigenvalue weighted by Crippen LogP contribution is -2.68. The van der Waals surface area contributed by atoms with Crippen LogP contribution in [-0.4, -0.2) is 23.1 Å².